The molecule has 3 rings (SSSR count). The number of aliphatic hydroxyl groups excluding tert-OH is 2. The largest absolute Gasteiger partial charge is 0.463 e. The van der Waals surface area contributed by atoms with Gasteiger partial charge in [-0.15, -0.1) is 0 Å². The zero-order valence-corrected chi connectivity index (χ0v) is 25.5. The molecule has 0 aromatic heterocycles. The molecule has 3 N–H and O–H groups in total. The van der Waals surface area contributed by atoms with E-state index < -0.39 is 97.7 Å². The van der Waals surface area contributed by atoms with Crippen LogP contribution in [0, 0.1) is 0 Å². The van der Waals surface area contributed by atoms with Crippen LogP contribution < -0.4 is 5.32 Å². The first kappa shape index (κ1) is 35.8. The number of carbonyl (C=O) groups excluding carboxylic acids is 5. The number of carbonyl (C=O) groups is 5. The molecule has 1 aromatic carbocycles. The molecule has 1 aromatic rings. The molecule has 0 saturated carbocycles. The van der Waals surface area contributed by atoms with Gasteiger partial charge in [0.25, 0.3) is 0 Å². The fraction of sp³-hybridized carbons (Fsp3) is 0.621. The molecule has 250 valence electrons. The van der Waals surface area contributed by atoms with E-state index in [2.05, 4.69) is 5.32 Å². The molecular weight excluding hydrogens is 602 g/mol. The topological polar surface area (TPSA) is 212 Å². The minimum absolute atomic E-state index is 0.133. The second-order valence-corrected chi connectivity index (χ2v) is 10.5. The van der Waals surface area contributed by atoms with Crippen molar-refractivity contribution in [3.05, 3.63) is 35.9 Å². The molecule has 0 spiro atoms. The molecule has 16 nitrogen and oxygen atoms in total. The SMILES string of the molecule is CC(=O)N[C@H]1[C@H](O)[C@H](O[C@@H]2OC(COC(C)=O)[C@@H](OC(C)=O)[C@H](OC(C)=O)[C@@H]2OC(C)=O)C(COCc2ccccc2)O[C@@H]1O. The Bertz CT molecular complexity index is 1180. The second-order valence-electron chi connectivity index (χ2n) is 10.5. The lowest BCUT2D eigenvalue weighted by Crippen LogP contribution is -2.68. The summed E-state index contributed by atoms with van der Waals surface area (Å²) in [5.41, 5.74) is 0.822. The summed E-state index contributed by atoms with van der Waals surface area (Å²) in [6, 6.07) is 7.74. The molecule has 1 amide bonds. The van der Waals surface area contributed by atoms with Crippen molar-refractivity contribution in [2.45, 2.75) is 103 Å². The molecule has 16 heteroatoms. The van der Waals surface area contributed by atoms with Gasteiger partial charge in [-0.05, 0) is 5.56 Å². The number of rotatable bonds is 12. The number of esters is 4. The number of ether oxygens (including phenoxy) is 8. The average molecular weight is 642 g/mol. The Morgan fingerprint density at radius 1 is 0.733 bits per heavy atom. The van der Waals surface area contributed by atoms with Gasteiger partial charge in [0.05, 0.1) is 13.2 Å². The third-order valence-corrected chi connectivity index (χ3v) is 6.70. The Morgan fingerprint density at radius 2 is 1.31 bits per heavy atom. The highest BCUT2D eigenvalue weighted by Crippen LogP contribution is 2.33. The summed E-state index contributed by atoms with van der Waals surface area (Å²) in [6.45, 7) is 4.92. The van der Waals surface area contributed by atoms with Crippen molar-refractivity contribution in [2.75, 3.05) is 13.2 Å². The highest BCUT2D eigenvalue weighted by molar-refractivity contribution is 5.73. The lowest BCUT2D eigenvalue weighted by Gasteiger charge is -2.48. The minimum atomic E-state index is -1.68. The van der Waals surface area contributed by atoms with Gasteiger partial charge in [0.2, 0.25) is 5.91 Å². The molecule has 2 unspecified atom stereocenters. The minimum Gasteiger partial charge on any atom is -0.463 e. The summed E-state index contributed by atoms with van der Waals surface area (Å²) in [5.74, 6) is -3.81. The number of aliphatic hydroxyl groups is 2. The molecule has 0 aliphatic carbocycles. The van der Waals surface area contributed by atoms with Gasteiger partial charge in [-0.3, -0.25) is 24.0 Å². The first-order chi connectivity index (χ1) is 21.3. The maximum absolute atomic E-state index is 12.2. The first-order valence-corrected chi connectivity index (χ1v) is 14.1. The van der Waals surface area contributed by atoms with Crippen LogP contribution in [-0.2, 0) is 68.5 Å². The van der Waals surface area contributed by atoms with E-state index in [1.54, 1.807) is 0 Å². The molecule has 10 atom stereocenters. The first-order valence-electron chi connectivity index (χ1n) is 14.1. The summed E-state index contributed by atoms with van der Waals surface area (Å²) in [6.07, 6.45) is -13.5. The van der Waals surface area contributed by atoms with Crippen LogP contribution in [0.1, 0.15) is 40.2 Å². The van der Waals surface area contributed by atoms with E-state index in [9.17, 15) is 34.2 Å². The molecule has 2 fully saturated rings. The molecule has 2 heterocycles. The van der Waals surface area contributed by atoms with Crippen molar-refractivity contribution in [1.29, 1.82) is 0 Å². The van der Waals surface area contributed by atoms with Crippen molar-refractivity contribution in [3.8, 4) is 0 Å². The number of hydrogen-bond acceptors (Lipinski definition) is 15. The van der Waals surface area contributed by atoms with Crippen LogP contribution in [0.25, 0.3) is 0 Å². The molecule has 0 bridgehead atoms. The Kier molecular flexibility index (Phi) is 13.2. The maximum atomic E-state index is 12.2. The van der Waals surface area contributed by atoms with E-state index in [0.29, 0.717) is 0 Å². The molecule has 2 saturated heterocycles. The highest BCUT2D eigenvalue weighted by Gasteiger charge is 2.55. The lowest BCUT2D eigenvalue weighted by molar-refractivity contribution is -0.347. The summed E-state index contributed by atoms with van der Waals surface area (Å²) < 4.78 is 44.9. The zero-order chi connectivity index (χ0) is 33.3. The Morgan fingerprint density at radius 3 is 1.89 bits per heavy atom. The number of nitrogens with one attached hydrogen (secondary N) is 1. The Hall–Kier alpha value is -3.67. The molecule has 0 radical (unpaired) electrons. The molecule has 45 heavy (non-hydrogen) atoms. The van der Waals surface area contributed by atoms with E-state index in [1.165, 1.54) is 6.92 Å². The average Bonchev–Trinajstić information content (AvgIpc) is 2.94. The predicted molar refractivity (Wildman–Crippen MR) is 147 cm³/mol. The van der Waals surface area contributed by atoms with Crippen LogP contribution in [0.2, 0.25) is 0 Å². The van der Waals surface area contributed by atoms with Crippen LogP contribution in [0.5, 0.6) is 0 Å². The third-order valence-electron chi connectivity index (χ3n) is 6.70. The maximum Gasteiger partial charge on any atom is 0.303 e. The summed E-state index contributed by atoms with van der Waals surface area (Å²) in [7, 11) is 0. The summed E-state index contributed by atoms with van der Waals surface area (Å²) in [4.78, 5) is 59.9. The lowest BCUT2D eigenvalue weighted by atomic mass is 9.95. The molecular formula is C29H39NO15. The predicted octanol–water partition coefficient (Wildman–Crippen LogP) is -0.746. The molecule has 2 aliphatic rings. The van der Waals surface area contributed by atoms with Crippen molar-refractivity contribution in [3.63, 3.8) is 0 Å². The van der Waals surface area contributed by atoms with E-state index in [0.717, 1.165) is 33.3 Å². The fourth-order valence-corrected chi connectivity index (χ4v) is 4.95. The normalized spacial score (nSPS) is 31.3. The highest BCUT2D eigenvalue weighted by atomic mass is 16.7. The summed E-state index contributed by atoms with van der Waals surface area (Å²) in [5, 5.41) is 24.4. The van der Waals surface area contributed by atoms with Gasteiger partial charge in [0.1, 0.15) is 37.1 Å². The van der Waals surface area contributed by atoms with Crippen molar-refractivity contribution in [1.82, 2.24) is 5.32 Å². The quantitative estimate of drug-likeness (QED) is 0.189. The Balaban J connectivity index is 1.98. The van der Waals surface area contributed by atoms with Crippen molar-refractivity contribution in [2.24, 2.45) is 0 Å². The van der Waals surface area contributed by atoms with Crippen LogP contribution >= 0.6 is 0 Å². The molecule has 2 aliphatic heterocycles. The second kappa shape index (κ2) is 16.6. The van der Waals surface area contributed by atoms with Crippen molar-refractivity contribution < 1.29 is 72.1 Å². The van der Waals surface area contributed by atoms with E-state index >= 15 is 0 Å². The standard InChI is InChI=1S/C29H39NO15/c1-14(31)30-22-23(36)24(20(43-28(22)37)12-38-11-19-9-7-6-8-10-19)45-29-27(42-18(5)35)26(41-17(4)34)25(40-16(3)33)21(44-29)13-39-15(2)32/h6-10,20-29,36-37H,11-13H2,1-5H3,(H,30,31)/t20?,21?,22-,23-,24+,25+,26-,27-,28-,29-/m0/s1. The van der Waals surface area contributed by atoms with Crippen molar-refractivity contribution >= 4 is 29.8 Å². The van der Waals surface area contributed by atoms with Gasteiger partial charge in [-0.25, -0.2) is 0 Å². The summed E-state index contributed by atoms with van der Waals surface area (Å²) >= 11 is 0. The van der Waals surface area contributed by atoms with Gasteiger partial charge in [0.15, 0.2) is 30.9 Å². The zero-order valence-electron chi connectivity index (χ0n) is 25.5. The third kappa shape index (κ3) is 10.4. The van der Waals surface area contributed by atoms with E-state index in [1.807, 2.05) is 30.3 Å². The van der Waals surface area contributed by atoms with Crippen LogP contribution in [0.4, 0.5) is 0 Å². The van der Waals surface area contributed by atoms with Crippen LogP contribution in [0.3, 0.4) is 0 Å². The number of benzene rings is 1. The fourth-order valence-electron chi connectivity index (χ4n) is 4.95. The van der Waals surface area contributed by atoms with Gasteiger partial charge < -0.3 is 53.4 Å². The van der Waals surface area contributed by atoms with Gasteiger partial charge in [0, 0.05) is 34.6 Å². The van der Waals surface area contributed by atoms with Crippen LogP contribution in [-0.4, -0.2) is 115 Å². The van der Waals surface area contributed by atoms with Gasteiger partial charge >= 0.3 is 23.9 Å². The van der Waals surface area contributed by atoms with E-state index in [-0.39, 0.29) is 13.2 Å². The smallest absolute Gasteiger partial charge is 0.303 e. The van der Waals surface area contributed by atoms with E-state index in [4.69, 9.17) is 37.9 Å². The van der Waals surface area contributed by atoms with Crippen LogP contribution in [0.15, 0.2) is 30.3 Å². The van der Waals surface area contributed by atoms with Gasteiger partial charge in [-0.1, -0.05) is 30.3 Å². The van der Waals surface area contributed by atoms with Gasteiger partial charge in [-0.2, -0.15) is 0 Å². The monoisotopic (exact) mass is 641 g/mol. The Labute approximate surface area is 259 Å². The number of hydrogen-bond donors (Lipinski definition) is 3. The number of amides is 1.